The number of aryl methyl sites for hydroxylation is 1. The largest absolute Gasteiger partial charge is 0.394 e. The van der Waals surface area contributed by atoms with E-state index in [0.717, 1.165) is 23.7 Å². The Bertz CT molecular complexity index is 449. The molecule has 2 rings (SSSR count). The summed E-state index contributed by atoms with van der Waals surface area (Å²) in [6.07, 6.45) is 1.30. The first-order valence-electron chi connectivity index (χ1n) is 7.41. The average Bonchev–Trinajstić information content (AvgIpc) is 2.60. The molecule has 0 amide bonds. The van der Waals surface area contributed by atoms with Crippen molar-refractivity contribution in [2.45, 2.75) is 53.0 Å². The van der Waals surface area contributed by atoms with Gasteiger partial charge >= 0.3 is 0 Å². The van der Waals surface area contributed by atoms with Crippen LogP contribution in [0, 0.1) is 11.8 Å². The lowest BCUT2D eigenvalue weighted by Crippen LogP contribution is -2.46. The summed E-state index contributed by atoms with van der Waals surface area (Å²) in [4.78, 5) is 2.45. The molecule has 19 heavy (non-hydrogen) atoms. The minimum Gasteiger partial charge on any atom is -0.394 e. The van der Waals surface area contributed by atoms with Crippen LogP contribution in [0.3, 0.4) is 0 Å². The number of anilines is 2. The molecule has 4 nitrogen and oxygen atoms in total. The third-order valence-corrected chi connectivity index (χ3v) is 4.50. The van der Waals surface area contributed by atoms with Gasteiger partial charge in [-0.15, -0.1) is 0 Å². The molecule has 0 aromatic carbocycles. The van der Waals surface area contributed by atoms with Gasteiger partial charge in [-0.25, -0.2) is 0 Å². The van der Waals surface area contributed by atoms with E-state index in [1.54, 1.807) is 0 Å². The molecule has 0 radical (unpaired) electrons. The van der Waals surface area contributed by atoms with E-state index in [-0.39, 0.29) is 0 Å². The van der Waals surface area contributed by atoms with Crippen molar-refractivity contribution in [3.8, 4) is 0 Å². The average molecular weight is 264 g/mol. The highest BCUT2D eigenvalue weighted by Gasteiger charge is 2.32. The van der Waals surface area contributed by atoms with Crippen molar-refractivity contribution in [3.63, 3.8) is 0 Å². The molecule has 0 aliphatic carbocycles. The van der Waals surface area contributed by atoms with Crippen LogP contribution in [0.5, 0.6) is 0 Å². The van der Waals surface area contributed by atoms with Crippen LogP contribution in [0.25, 0.3) is 0 Å². The number of rotatable bonds is 2. The fraction of sp³-hybridized carbons (Fsp3) is 0.800. The van der Waals surface area contributed by atoms with Crippen molar-refractivity contribution in [2.75, 3.05) is 17.2 Å². The van der Waals surface area contributed by atoms with Crippen molar-refractivity contribution in [1.29, 1.82) is 0 Å². The molecule has 1 saturated heterocycles. The van der Waals surface area contributed by atoms with Crippen molar-refractivity contribution in [2.24, 2.45) is 18.9 Å². The summed E-state index contributed by atoms with van der Waals surface area (Å²) in [7, 11) is 2.01. The van der Waals surface area contributed by atoms with E-state index in [9.17, 15) is 0 Å². The van der Waals surface area contributed by atoms with Crippen molar-refractivity contribution in [3.05, 3.63) is 5.69 Å². The third kappa shape index (κ3) is 2.45. The van der Waals surface area contributed by atoms with Gasteiger partial charge in [0.2, 0.25) is 0 Å². The number of hydrogen-bond acceptors (Lipinski definition) is 3. The van der Waals surface area contributed by atoms with Gasteiger partial charge in [-0.05, 0) is 31.1 Å². The van der Waals surface area contributed by atoms with Gasteiger partial charge in [0.1, 0.15) is 0 Å². The second kappa shape index (κ2) is 5.06. The SMILES string of the molecule is CC1CC(C)C(C)N(c2c(N)c(C(C)C)nn2C)C1. The first-order chi connectivity index (χ1) is 8.82. The Morgan fingerprint density at radius 1 is 1.26 bits per heavy atom. The summed E-state index contributed by atoms with van der Waals surface area (Å²) in [6.45, 7) is 12.3. The molecule has 0 spiro atoms. The minimum atomic E-state index is 0.370. The summed E-state index contributed by atoms with van der Waals surface area (Å²) >= 11 is 0. The van der Waals surface area contributed by atoms with Gasteiger partial charge in [0.05, 0.1) is 11.4 Å². The van der Waals surface area contributed by atoms with Gasteiger partial charge in [0.15, 0.2) is 5.82 Å². The molecule has 1 aromatic rings. The Morgan fingerprint density at radius 3 is 2.42 bits per heavy atom. The Kier molecular flexibility index (Phi) is 3.79. The molecular formula is C15H28N4. The Hall–Kier alpha value is -1.19. The van der Waals surface area contributed by atoms with Gasteiger partial charge in [0.25, 0.3) is 0 Å². The maximum Gasteiger partial charge on any atom is 0.150 e. The Morgan fingerprint density at radius 2 is 1.89 bits per heavy atom. The Balaban J connectivity index is 2.40. The van der Waals surface area contributed by atoms with E-state index in [0.29, 0.717) is 23.8 Å². The van der Waals surface area contributed by atoms with E-state index in [1.165, 1.54) is 6.42 Å². The highest BCUT2D eigenvalue weighted by Crippen LogP contribution is 2.37. The summed E-state index contributed by atoms with van der Waals surface area (Å²) < 4.78 is 1.96. The van der Waals surface area contributed by atoms with Gasteiger partial charge in [0, 0.05) is 19.6 Å². The zero-order chi connectivity index (χ0) is 14.3. The van der Waals surface area contributed by atoms with Gasteiger partial charge < -0.3 is 10.6 Å². The van der Waals surface area contributed by atoms with Crippen LogP contribution < -0.4 is 10.6 Å². The van der Waals surface area contributed by atoms with Crippen LogP contribution >= 0.6 is 0 Å². The second-order valence-corrected chi connectivity index (χ2v) is 6.61. The number of hydrogen-bond donors (Lipinski definition) is 1. The lowest BCUT2D eigenvalue weighted by Gasteiger charge is -2.42. The maximum atomic E-state index is 6.36. The van der Waals surface area contributed by atoms with E-state index in [2.05, 4.69) is 44.6 Å². The standard InChI is InChI=1S/C15H28N4/c1-9(2)14-13(16)15(18(6)17-14)19-8-10(3)7-11(4)12(19)5/h9-12H,7-8,16H2,1-6H3. The van der Waals surface area contributed by atoms with E-state index in [4.69, 9.17) is 5.73 Å². The van der Waals surface area contributed by atoms with Crippen LogP contribution in [0.15, 0.2) is 0 Å². The molecule has 0 saturated carbocycles. The van der Waals surface area contributed by atoms with Crippen LogP contribution in [0.2, 0.25) is 0 Å². The molecule has 108 valence electrons. The number of nitrogens with zero attached hydrogens (tertiary/aromatic N) is 3. The smallest absolute Gasteiger partial charge is 0.150 e. The normalized spacial score (nSPS) is 28.2. The van der Waals surface area contributed by atoms with E-state index in [1.807, 2.05) is 11.7 Å². The first kappa shape index (κ1) is 14.2. The molecule has 4 heteroatoms. The van der Waals surface area contributed by atoms with Crippen LogP contribution in [-0.2, 0) is 7.05 Å². The van der Waals surface area contributed by atoms with Crippen molar-refractivity contribution >= 4 is 11.5 Å². The number of aromatic nitrogens is 2. The van der Waals surface area contributed by atoms with Gasteiger partial charge in [-0.1, -0.05) is 27.7 Å². The molecule has 3 unspecified atom stereocenters. The third-order valence-electron chi connectivity index (χ3n) is 4.50. The summed E-state index contributed by atoms with van der Waals surface area (Å²) in [6, 6.07) is 0.522. The molecule has 2 N–H and O–H groups in total. The molecule has 2 heterocycles. The Labute approximate surface area is 117 Å². The predicted molar refractivity (Wildman–Crippen MR) is 81.5 cm³/mol. The fourth-order valence-corrected chi connectivity index (χ4v) is 3.31. The van der Waals surface area contributed by atoms with Crippen LogP contribution in [0.4, 0.5) is 11.5 Å². The van der Waals surface area contributed by atoms with Gasteiger partial charge in [-0.2, -0.15) is 5.10 Å². The molecule has 1 aliphatic heterocycles. The predicted octanol–water partition coefficient (Wildman–Crippen LogP) is 3.00. The topological polar surface area (TPSA) is 47.1 Å². The van der Waals surface area contributed by atoms with Crippen molar-refractivity contribution < 1.29 is 0 Å². The molecule has 1 aromatic heterocycles. The number of nitrogens with two attached hydrogens (primary N) is 1. The van der Waals surface area contributed by atoms with E-state index >= 15 is 0 Å². The number of nitrogen functional groups attached to an aromatic ring is 1. The maximum absolute atomic E-state index is 6.36. The summed E-state index contributed by atoms with van der Waals surface area (Å²) in [5, 5.41) is 4.62. The minimum absolute atomic E-state index is 0.370. The number of piperidine rings is 1. The molecule has 1 aliphatic rings. The highest BCUT2D eigenvalue weighted by atomic mass is 15.4. The fourth-order valence-electron chi connectivity index (χ4n) is 3.31. The van der Waals surface area contributed by atoms with E-state index < -0.39 is 0 Å². The lowest BCUT2D eigenvalue weighted by molar-refractivity contribution is 0.293. The van der Waals surface area contributed by atoms with Crippen molar-refractivity contribution in [1.82, 2.24) is 9.78 Å². The zero-order valence-corrected chi connectivity index (χ0v) is 13.1. The molecular weight excluding hydrogens is 236 g/mol. The monoisotopic (exact) mass is 264 g/mol. The van der Waals surface area contributed by atoms with Crippen LogP contribution in [0.1, 0.15) is 52.7 Å². The summed E-state index contributed by atoms with van der Waals surface area (Å²) in [5.74, 6) is 2.88. The molecule has 0 bridgehead atoms. The first-order valence-corrected chi connectivity index (χ1v) is 7.41. The molecule has 3 atom stereocenters. The highest BCUT2D eigenvalue weighted by molar-refractivity contribution is 5.67. The quantitative estimate of drug-likeness (QED) is 0.893. The van der Waals surface area contributed by atoms with Gasteiger partial charge in [-0.3, -0.25) is 4.68 Å². The van der Waals surface area contributed by atoms with Crippen LogP contribution in [-0.4, -0.2) is 22.4 Å². The lowest BCUT2D eigenvalue weighted by atomic mass is 9.86. The second-order valence-electron chi connectivity index (χ2n) is 6.61. The zero-order valence-electron chi connectivity index (χ0n) is 13.1. The molecule has 1 fully saturated rings. The summed E-state index contributed by atoms with van der Waals surface area (Å²) in [5.41, 5.74) is 8.25.